The van der Waals surface area contributed by atoms with Crippen molar-refractivity contribution in [1.82, 2.24) is 0 Å². The topological polar surface area (TPSA) is 54.4 Å². The first-order chi connectivity index (χ1) is 8.07. The molecule has 4 unspecified atom stereocenters. The fourth-order valence-corrected chi connectivity index (χ4v) is 3.06. The Kier molecular flexibility index (Phi) is 3.18. The van der Waals surface area contributed by atoms with Gasteiger partial charge in [0.15, 0.2) is 33.4 Å². The maximum atomic E-state index is 14.5. The average molecular weight is 308 g/mol. The van der Waals surface area contributed by atoms with Crippen molar-refractivity contribution in [3.8, 4) is 0 Å². The van der Waals surface area contributed by atoms with Crippen LogP contribution in [0.25, 0.3) is 0 Å². The van der Waals surface area contributed by atoms with Gasteiger partial charge < -0.3 is 0 Å². The third-order valence-electron chi connectivity index (χ3n) is 4.20. The van der Waals surface area contributed by atoms with Crippen LogP contribution in [0.15, 0.2) is 11.7 Å². The van der Waals surface area contributed by atoms with Gasteiger partial charge in [0.25, 0.3) is 10.1 Å². The minimum atomic E-state index is -5.59. The molecule has 9 heteroatoms. The summed E-state index contributed by atoms with van der Waals surface area (Å²) in [6.07, 6.45) is 0. The van der Waals surface area contributed by atoms with Crippen molar-refractivity contribution in [3.63, 3.8) is 0 Å². The second-order valence-corrected chi connectivity index (χ2v) is 6.91. The predicted molar refractivity (Wildman–Crippen MR) is 57.7 cm³/mol. The maximum Gasteiger partial charge on any atom is 0.280 e. The normalized spacial score (nSPS) is 48.5. The Morgan fingerprint density at radius 1 is 0.895 bits per heavy atom. The highest BCUT2D eigenvalue weighted by molar-refractivity contribution is 7.87. The second kappa shape index (κ2) is 3.69. The number of hydrogen-bond donors (Lipinski definition) is 1. The van der Waals surface area contributed by atoms with E-state index in [4.69, 9.17) is 4.55 Å². The first kappa shape index (κ1) is 16.4. The zero-order chi connectivity index (χ0) is 15.7. The monoisotopic (exact) mass is 308 g/mol. The van der Waals surface area contributed by atoms with Crippen molar-refractivity contribution in [2.24, 2.45) is 0 Å². The Morgan fingerprint density at radius 2 is 1.26 bits per heavy atom. The van der Waals surface area contributed by atoms with E-state index in [2.05, 4.69) is 0 Å². The molecule has 0 saturated carbocycles. The van der Waals surface area contributed by atoms with Gasteiger partial charge in [-0.3, -0.25) is 4.55 Å². The molecule has 0 saturated heterocycles. The van der Waals surface area contributed by atoms with E-state index in [0.29, 0.717) is 0 Å². The second-order valence-electron chi connectivity index (χ2n) is 5.15. The molecule has 1 N–H and O–H groups in total. The molecule has 3 nitrogen and oxygen atoms in total. The van der Waals surface area contributed by atoms with Gasteiger partial charge in [0.2, 0.25) is 0 Å². The van der Waals surface area contributed by atoms with Crippen LogP contribution in [0.2, 0.25) is 0 Å². The molecule has 112 valence electrons. The molecule has 0 spiro atoms. The first-order valence-corrected chi connectivity index (χ1v) is 6.61. The molecule has 4 atom stereocenters. The SMILES string of the molecule is CC1(F)C(F)=C(F)C(C)(S(=O)(=O)O)C(C)(F)C1(C)F. The summed E-state index contributed by atoms with van der Waals surface area (Å²) >= 11 is 0. The summed E-state index contributed by atoms with van der Waals surface area (Å²) in [4.78, 5) is 0. The third-order valence-corrected chi connectivity index (χ3v) is 5.79. The largest absolute Gasteiger partial charge is 0.285 e. The number of allylic oxidation sites excluding steroid dienone is 1. The van der Waals surface area contributed by atoms with Crippen LogP contribution in [0.3, 0.4) is 0 Å². The van der Waals surface area contributed by atoms with Gasteiger partial charge in [-0.1, -0.05) is 0 Å². The molecule has 1 rings (SSSR count). The highest BCUT2D eigenvalue weighted by Gasteiger charge is 2.77. The Morgan fingerprint density at radius 3 is 1.58 bits per heavy atom. The van der Waals surface area contributed by atoms with Gasteiger partial charge >= 0.3 is 0 Å². The maximum absolute atomic E-state index is 14.5. The number of halogens is 5. The Hall–Kier alpha value is -0.700. The lowest BCUT2D eigenvalue weighted by atomic mass is 9.65. The quantitative estimate of drug-likeness (QED) is 0.598. The minimum Gasteiger partial charge on any atom is -0.285 e. The number of rotatable bonds is 1. The van der Waals surface area contributed by atoms with E-state index in [1.807, 2.05) is 0 Å². The highest BCUT2D eigenvalue weighted by atomic mass is 32.2. The summed E-state index contributed by atoms with van der Waals surface area (Å²) < 4.78 is 97.8. The van der Waals surface area contributed by atoms with Crippen LogP contribution in [0.4, 0.5) is 22.0 Å². The lowest BCUT2D eigenvalue weighted by Gasteiger charge is -2.51. The van der Waals surface area contributed by atoms with Gasteiger partial charge in [0, 0.05) is 0 Å². The molecule has 0 aliphatic heterocycles. The van der Waals surface area contributed by atoms with E-state index in [-0.39, 0.29) is 27.7 Å². The standard InChI is InChI=1S/C10H13F5O3S/c1-7(13)5(11)6(12)8(2,19(16,17)18)10(4,15)9(7,3)14/h1-4H3,(H,16,17,18). The van der Waals surface area contributed by atoms with Gasteiger partial charge in [0.05, 0.1) is 0 Å². The Bertz CT molecular complexity index is 550. The van der Waals surface area contributed by atoms with E-state index in [1.54, 1.807) is 0 Å². The molecule has 0 amide bonds. The van der Waals surface area contributed by atoms with Crippen LogP contribution in [-0.2, 0) is 10.1 Å². The van der Waals surface area contributed by atoms with Crippen LogP contribution < -0.4 is 0 Å². The predicted octanol–water partition coefficient (Wildman–Crippen LogP) is 2.98. The molecule has 0 aromatic carbocycles. The average Bonchev–Trinajstić information content (AvgIpc) is 2.21. The van der Waals surface area contributed by atoms with Crippen LogP contribution >= 0.6 is 0 Å². The number of hydrogen-bond acceptors (Lipinski definition) is 2. The Balaban J connectivity index is 3.94. The lowest BCUT2D eigenvalue weighted by Crippen LogP contribution is -2.72. The van der Waals surface area contributed by atoms with Gasteiger partial charge in [-0.25, -0.2) is 22.0 Å². The number of alkyl halides is 3. The van der Waals surface area contributed by atoms with E-state index in [1.165, 1.54) is 0 Å². The van der Waals surface area contributed by atoms with Crippen molar-refractivity contribution >= 4 is 10.1 Å². The zero-order valence-electron chi connectivity index (χ0n) is 10.6. The summed E-state index contributed by atoms with van der Waals surface area (Å²) in [6.45, 7) is 1.03. The van der Waals surface area contributed by atoms with Crippen LogP contribution in [-0.4, -0.2) is 34.7 Å². The van der Waals surface area contributed by atoms with E-state index in [0.717, 1.165) is 0 Å². The van der Waals surface area contributed by atoms with Crippen molar-refractivity contribution in [2.45, 2.75) is 49.4 Å². The molecule has 19 heavy (non-hydrogen) atoms. The Labute approximate surface area is 107 Å². The van der Waals surface area contributed by atoms with Crippen molar-refractivity contribution in [3.05, 3.63) is 11.7 Å². The fraction of sp³-hybridized carbons (Fsp3) is 0.800. The smallest absolute Gasteiger partial charge is 0.280 e. The summed E-state index contributed by atoms with van der Waals surface area (Å²) in [7, 11) is -5.59. The summed E-state index contributed by atoms with van der Waals surface area (Å²) in [5.74, 6) is -4.78. The van der Waals surface area contributed by atoms with Crippen molar-refractivity contribution in [2.75, 3.05) is 0 Å². The van der Waals surface area contributed by atoms with E-state index >= 15 is 0 Å². The molecule has 1 aliphatic rings. The van der Waals surface area contributed by atoms with Crippen LogP contribution in [0, 0.1) is 0 Å². The molecule has 1 aliphatic carbocycles. The molecule has 0 heterocycles. The molecule has 0 bridgehead atoms. The first-order valence-electron chi connectivity index (χ1n) is 5.16. The molecule has 0 aromatic rings. The molecule has 0 radical (unpaired) electrons. The minimum absolute atomic E-state index is 0.253. The highest BCUT2D eigenvalue weighted by Crippen LogP contribution is 2.60. The van der Waals surface area contributed by atoms with E-state index in [9.17, 15) is 30.4 Å². The molecular weight excluding hydrogens is 295 g/mol. The van der Waals surface area contributed by atoms with Gasteiger partial charge in [-0.15, -0.1) is 0 Å². The van der Waals surface area contributed by atoms with Gasteiger partial charge in [0.1, 0.15) is 0 Å². The van der Waals surface area contributed by atoms with Gasteiger partial charge in [-0.2, -0.15) is 8.42 Å². The van der Waals surface area contributed by atoms with Crippen LogP contribution in [0.5, 0.6) is 0 Å². The fourth-order valence-electron chi connectivity index (χ4n) is 2.07. The van der Waals surface area contributed by atoms with Crippen molar-refractivity contribution < 1.29 is 34.9 Å². The molecule has 0 fully saturated rings. The summed E-state index contributed by atoms with van der Waals surface area (Å²) in [6, 6.07) is 0. The lowest BCUT2D eigenvalue weighted by molar-refractivity contribution is -0.136. The van der Waals surface area contributed by atoms with Crippen LogP contribution in [0.1, 0.15) is 27.7 Å². The molecular formula is C10H13F5O3S. The zero-order valence-corrected chi connectivity index (χ0v) is 11.4. The summed E-state index contributed by atoms with van der Waals surface area (Å²) in [5, 5.41) is 0. The third kappa shape index (κ3) is 1.54. The molecule has 0 aromatic heterocycles. The summed E-state index contributed by atoms with van der Waals surface area (Å²) in [5.41, 5.74) is -11.2. The van der Waals surface area contributed by atoms with E-state index < -0.39 is 43.5 Å². The van der Waals surface area contributed by atoms with Gasteiger partial charge in [-0.05, 0) is 27.7 Å². The van der Waals surface area contributed by atoms with Crippen molar-refractivity contribution in [1.29, 1.82) is 0 Å².